The third kappa shape index (κ3) is 3.48. The molecule has 0 unspecified atom stereocenters. The third-order valence-corrected chi connectivity index (χ3v) is 5.26. The Kier molecular flexibility index (Phi) is 4.60. The Hall–Kier alpha value is -3.19. The molecule has 4 nitrogen and oxygen atoms in total. The van der Waals surface area contributed by atoms with Crippen LogP contribution >= 0.6 is 0 Å². The molecule has 2 aliphatic rings. The summed E-state index contributed by atoms with van der Waals surface area (Å²) >= 11 is 0. The van der Waals surface area contributed by atoms with E-state index in [4.69, 9.17) is 11.2 Å². The summed E-state index contributed by atoms with van der Waals surface area (Å²) in [6.07, 6.45) is 6.64. The number of allylic oxidation sites excluding steroid dienone is 1. The molecule has 4 heteroatoms. The topological polar surface area (TPSA) is 50.4 Å². The van der Waals surface area contributed by atoms with Gasteiger partial charge in [0.25, 0.3) is 0 Å². The van der Waals surface area contributed by atoms with Crippen molar-refractivity contribution in [3.63, 3.8) is 0 Å². The Labute approximate surface area is 166 Å². The van der Waals surface area contributed by atoms with Crippen molar-refractivity contribution < 1.29 is 9.53 Å². The molecule has 0 amide bonds. The summed E-state index contributed by atoms with van der Waals surface area (Å²) in [6, 6.07) is 15.7. The van der Waals surface area contributed by atoms with Gasteiger partial charge in [0.2, 0.25) is 0 Å². The number of nitrogens with one attached hydrogen (secondary N) is 2. The molecule has 1 aliphatic carbocycles. The van der Waals surface area contributed by atoms with Gasteiger partial charge in [0.15, 0.2) is 5.78 Å². The molecule has 0 saturated heterocycles. The van der Waals surface area contributed by atoms with Crippen LogP contribution < -0.4 is 15.4 Å². The summed E-state index contributed by atoms with van der Waals surface area (Å²) in [7, 11) is 0. The van der Waals surface area contributed by atoms with E-state index in [-0.39, 0.29) is 23.8 Å². The summed E-state index contributed by atoms with van der Waals surface area (Å²) in [5, 5.41) is 7.12. The van der Waals surface area contributed by atoms with E-state index in [0.717, 1.165) is 40.4 Å². The maximum atomic E-state index is 13.2. The van der Waals surface area contributed by atoms with Crippen molar-refractivity contribution in [2.45, 2.75) is 32.7 Å². The Morgan fingerprint density at radius 3 is 2.54 bits per heavy atom. The first kappa shape index (κ1) is 18.2. The zero-order valence-corrected chi connectivity index (χ0v) is 16.2. The Morgan fingerprint density at radius 2 is 1.82 bits per heavy atom. The summed E-state index contributed by atoms with van der Waals surface area (Å²) in [4.78, 5) is 13.2. The fraction of sp³-hybridized carbons (Fsp3) is 0.292. The fourth-order valence-electron chi connectivity index (χ4n) is 4.02. The molecule has 1 aliphatic heterocycles. The number of hydrogen-bond donors (Lipinski definition) is 2. The van der Waals surface area contributed by atoms with Crippen molar-refractivity contribution in [2.75, 3.05) is 17.2 Å². The molecule has 28 heavy (non-hydrogen) atoms. The van der Waals surface area contributed by atoms with Crippen molar-refractivity contribution in [3.8, 4) is 18.1 Å². The highest BCUT2D eigenvalue weighted by molar-refractivity contribution is 6.01. The molecule has 2 aromatic rings. The van der Waals surface area contributed by atoms with Gasteiger partial charge in [-0.15, -0.1) is 6.42 Å². The number of ether oxygens (including phenoxy) is 1. The van der Waals surface area contributed by atoms with Crippen LogP contribution in [-0.4, -0.2) is 12.4 Å². The second-order valence-electron chi connectivity index (χ2n) is 8.14. The lowest BCUT2D eigenvalue weighted by molar-refractivity contribution is -0.118. The Bertz CT molecular complexity index is 980. The highest BCUT2D eigenvalue weighted by atomic mass is 16.5. The average Bonchev–Trinajstić information content (AvgIpc) is 2.82. The minimum atomic E-state index is -0.212. The first-order valence-electron chi connectivity index (χ1n) is 9.52. The normalized spacial score (nSPS) is 20.0. The SMILES string of the molecule is C#CCOc1ccc([C@H]2Nc3ccccc3NC3=C2C(=O)CC(C)(C)C3)cc1. The minimum Gasteiger partial charge on any atom is -0.481 e. The molecular weight excluding hydrogens is 348 g/mol. The predicted molar refractivity (Wildman–Crippen MR) is 112 cm³/mol. The Morgan fingerprint density at radius 1 is 1.11 bits per heavy atom. The van der Waals surface area contributed by atoms with Crippen LogP contribution in [0.15, 0.2) is 59.8 Å². The van der Waals surface area contributed by atoms with Crippen molar-refractivity contribution in [2.24, 2.45) is 5.41 Å². The first-order chi connectivity index (χ1) is 13.5. The lowest BCUT2D eigenvalue weighted by Crippen LogP contribution is -2.31. The molecule has 0 radical (unpaired) electrons. The number of terminal acetylenes is 1. The molecule has 0 fully saturated rings. The highest BCUT2D eigenvalue weighted by Crippen LogP contribution is 2.45. The number of Topliss-reactive ketones (excluding diaryl/α,β-unsaturated/α-hetero) is 1. The van der Waals surface area contributed by atoms with Gasteiger partial charge in [0.05, 0.1) is 17.4 Å². The zero-order valence-electron chi connectivity index (χ0n) is 16.2. The second kappa shape index (κ2) is 7.09. The van der Waals surface area contributed by atoms with Crippen LogP contribution in [0.5, 0.6) is 5.75 Å². The predicted octanol–water partition coefficient (Wildman–Crippen LogP) is 4.92. The van der Waals surface area contributed by atoms with E-state index < -0.39 is 0 Å². The van der Waals surface area contributed by atoms with Crippen molar-refractivity contribution in [3.05, 3.63) is 65.4 Å². The van der Waals surface area contributed by atoms with Gasteiger partial charge in [-0.25, -0.2) is 0 Å². The number of benzene rings is 2. The van der Waals surface area contributed by atoms with Crippen LogP contribution in [0.1, 0.15) is 38.3 Å². The van der Waals surface area contributed by atoms with E-state index in [2.05, 4.69) is 30.4 Å². The molecule has 2 aromatic carbocycles. The number of anilines is 2. The minimum absolute atomic E-state index is 0.0559. The van der Waals surface area contributed by atoms with E-state index in [1.165, 1.54) is 0 Å². The van der Waals surface area contributed by atoms with Crippen LogP contribution in [0.4, 0.5) is 11.4 Å². The van der Waals surface area contributed by atoms with Crippen LogP contribution in [0.25, 0.3) is 0 Å². The number of carbonyl (C=O) groups excluding carboxylic acids is 1. The number of rotatable bonds is 3. The molecule has 1 atom stereocenters. The summed E-state index contributed by atoms with van der Waals surface area (Å²) in [5.74, 6) is 3.38. The lowest BCUT2D eigenvalue weighted by Gasteiger charge is -2.34. The van der Waals surface area contributed by atoms with E-state index in [1.54, 1.807) is 0 Å². The molecule has 1 heterocycles. The number of fused-ring (bicyclic) bond motifs is 1. The average molecular weight is 372 g/mol. The van der Waals surface area contributed by atoms with Gasteiger partial charge in [0.1, 0.15) is 12.4 Å². The van der Waals surface area contributed by atoms with Crippen molar-refractivity contribution in [1.82, 2.24) is 0 Å². The maximum Gasteiger partial charge on any atom is 0.163 e. The van der Waals surface area contributed by atoms with E-state index in [9.17, 15) is 4.79 Å². The first-order valence-corrected chi connectivity index (χ1v) is 9.52. The van der Waals surface area contributed by atoms with E-state index >= 15 is 0 Å². The molecule has 0 spiro atoms. The summed E-state index contributed by atoms with van der Waals surface area (Å²) in [6.45, 7) is 4.53. The molecule has 142 valence electrons. The largest absolute Gasteiger partial charge is 0.481 e. The molecule has 4 rings (SSSR count). The van der Waals surface area contributed by atoms with Crippen LogP contribution in [0.3, 0.4) is 0 Å². The smallest absolute Gasteiger partial charge is 0.163 e. The third-order valence-electron chi connectivity index (χ3n) is 5.26. The van der Waals surface area contributed by atoms with E-state index in [1.807, 2.05) is 48.5 Å². The molecular formula is C24H24N2O2. The molecule has 2 N–H and O–H groups in total. The summed E-state index contributed by atoms with van der Waals surface area (Å²) in [5.41, 5.74) is 4.79. The van der Waals surface area contributed by atoms with Crippen LogP contribution in [0.2, 0.25) is 0 Å². The number of ketones is 1. The molecule has 0 saturated carbocycles. The lowest BCUT2D eigenvalue weighted by atomic mass is 9.73. The summed E-state index contributed by atoms with van der Waals surface area (Å²) < 4.78 is 5.49. The maximum absolute atomic E-state index is 13.2. The number of hydrogen-bond acceptors (Lipinski definition) is 4. The van der Waals surface area contributed by atoms with E-state index in [0.29, 0.717) is 6.42 Å². The van der Waals surface area contributed by atoms with Gasteiger partial charge in [-0.05, 0) is 41.7 Å². The van der Waals surface area contributed by atoms with Crippen LogP contribution in [0, 0.1) is 17.8 Å². The molecule has 0 aromatic heterocycles. The zero-order chi connectivity index (χ0) is 19.7. The highest BCUT2D eigenvalue weighted by Gasteiger charge is 2.38. The van der Waals surface area contributed by atoms with Crippen molar-refractivity contribution in [1.29, 1.82) is 0 Å². The van der Waals surface area contributed by atoms with Crippen LogP contribution in [-0.2, 0) is 4.79 Å². The number of carbonyl (C=O) groups is 1. The van der Waals surface area contributed by atoms with Gasteiger partial charge >= 0.3 is 0 Å². The quantitative estimate of drug-likeness (QED) is 0.751. The Balaban J connectivity index is 1.77. The van der Waals surface area contributed by atoms with Gasteiger partial charge < -0.3 is 15.4 Å². The fourth-order valence-corrected chi connectivity index (χ4v) is 4.02. The van der Waals surface area contributed by atoms with Gasteiger partial charge in [0, 0.05) is 17.7 Å². The van der Waals surface area contributed by atoms with Gasteiger partial charge in [-0.2, -0.15) is 0 Å². The van der Waals surface area contributed by atoms with Gasteiger partial charge in [-0.1, -0.05) is 44.0 Å². The van der Waals surface area contributed by atoms with Crippen molar-refractivity contribution >= 4 is 17.2 Å². The molecule has 0 bridgehead atoms. The standard InChI is InChI=1S/C24H24N2O2/c1-4-13-28-17-11-9-16(10-12-17)23-22-20(14-24(2,3)15-21(22)27)25-18-7-5-6-8-19(18)26-23/h1,5-12,23,25-26H,13-15H2,2-3H3/t23-/m1/s1. The van der Waals surface area contributed by atoms with Gasteiger partial charge in [-0.3, -0.25) is 4.79 Å². The monoisotopic (exact) mass is 372 g/mol. The second-order valence-corrected chi connectivity index (χ2v) is 8.14. The number of para-hydroxylation sites is 2.